The lowest BCUT2D eigenvalue weighted by molar-refractivity contribution is -0.139. The van der Waals surface area contributed by atoms with E-state index >= 15 is 0 Å². The maximum atomic E-state index is 13.3. The summed E-state index contributed by atoms with van der Waals surface area (Å²) < 4.78 is 66.6. The van der Waals surface area contributed by atoms with Gasteiger partial charge in [0.15, 0.2) is 0 Å². The summed E-state index contributed by atoms with van der Waals surface area (Å²) in [4.78, 5) is 14.3. The molecule has 2 aliphatic rings. The Hall–Kier alpha value is -1.65. The third-order valence-electron chi connectivity index (χ3n) is 6.52. The summed E-state index contributed by atoms with van der Waals surface area (Å²) in [6.45, 7) is 6.93. The fourth-order valence-corrected chi connectivity index (χ4v) is 6.25. The van der Waals surface area contributed by atoms with E-state index in [1.54, 1.807) is 0 Å². The van der Waals surface area contributed by atoms with Gasteiger partial charge in [-0.2, -0.15) is 17.5 Å². The number of nitrogens with one attached hydrogen (secondary N) is 1. The summed E-state index contributed by atoms with van der Waals surface area (Å²) >= 11 is 0. The fourth-order valence-electron chi connectivity index (χ4n) is 4.57. The maximum Gasteiger partial charge on any atom is 0.417 e. The first-order valence-electron chi connectivity index (χ1n) is 11.2. The molecule has 2 saturated heterocycles. The van der Waals surface area contributed by atoms with E-state index in [0.29, 0.717) is 12.5 Å². The Bertz CT molecular complexity index is 899. The van der Waals surface area contributed by atoms with Crippen LogP contribution in [0.3, 0.4) is 0 Å². The molecule has 6 nitrogen and oxygen atoms in total. The van der Waals surface area contributed by atoms with E-state index in [9.17, 15) is 26.4 Å². The van der Waals surface area contributed by atoms with Gasteiger partial charge in [-0.25, -0.2) is 8.42 Å². The number of hydrogen-bond acceptors (Lipinski definition) is 4. The molecule has 10 heteroatoms. The van der Waals surface area contributed by atoms with Gasteiger partial charge in [-0.1, -0.05) is 19.1 Å². The van der Waals surface area contributed by atoms with Crippen molar-refractivity contribution in [3.8, 4) is 0 Å². The first-order chi connectivity index (χ1) is 15.0. The molecule has 1 aromatic carbocycles. The SMILES string of the molecule is CC1CCCN(C(C)CNC(=O)C2CCN(S(=O)(=O)c3ccccc3C(F)(F)F)CC2)C1. The van der Waals surface area contributed by atoms with Gasteiger partial charge in [0.05, 0.1) is 10.5 Å². The van der Waals surface area contributed by atoms with Gasteiger partial charge in [0, 0.05) is 38.1 Å². The van der Waals surface area contributed by atoms with Gasteiger partial charge in [0.2, 0.25) is 15.9 Å². The largest absolute Gasteiger partial charge is 0.417 e. The van der Waals surface area contributed by atoms with E-state index < -0.39 is 26.7 Å². The number of carbonyl (C=O) groups excluding carboxylic acids is 1. The molecule has 3 rings (SSSR count). The second-order valence-corrected chi connectivity index (χ2v) is 10.9. The van der Waals surface area contributed by atoms with Crippen molar-refractivity contribution in [3.05, 3.63) is 29.8 Å². The van der Waals surface area contributed by atoms with Crippen LogP contribution < -0.4 is 5.32 Å². The van der Waals surface area contributed by atoms with E-state index in [4.69, 9.17) is 0 Å². The minimum Gasteiger partial charge on any atom is -0.354 e. The van der Waals surface area contributed by atoms with Crippen LogP contribution in [0, 0.1) is 11.8 Å². The lowest BCUT2D eigenvalue weighted by Crippen LogP contribution is -2.48. The van der Waals surface area contributed by atoms with E-state index in [0.717, 1.165) is 35.9 Å². The minimum atomic E-state index is -4.76. The molecular formula is C22H32F3N3O3S. The fraction of sp³-hybridized carbons (Fsp3) is 0.682. The van der Waals surface area contributed by atoms with Crippen LogP contribution in [0.2, 0.25) is 0 Å². The van der Waals surface area contributed by atoms with E-state index in [1.807, 2.05) is 0 Å². The molecule has 1 aromatic rings. The summed E-state index contributed by atoms with van der Waals surface area (Å²) in [6, 6.07) is 4.44. The summed E-state index contributed by atoms with van der Waals surface area (Å²) in [5.74, 6) is 0.192. The number of likely N-dealkylation sites (tertiary alicyclic amines) is 1. The van der Waals surface area contributed by atoms with Crippen molar-refractivity contribution in [2.45, 2.75) is 56.6 Å². The molecule has 0 radical (unpaired) electrons. The second kappa shape index (κ2) is 10.1. The Labute approximate surface area is 188 Å². The summed E-state index contributed by atoms with van der Waals surface area (Å²) in [7, 11) is -4.30. The van der Waals surface area contributed by atoms with Crippen molar-refractivity contribution in [1.29, 1.82) is 0 Å². The van der Waals surface area contributed by atoms with Crippen LogP contribution in [-0.2, 0) is 21.0 Å². The number of nitrogens with zero attached hydrogens (tertiary/aromatic N) is 2. The molecule has 32 heavy (non-hydrogen) atoms. The molecule has 0 bridgehead atoms. The molecule has 2 heterocycles. The van der Waals surface area contributed by atoms with E-state index in [1.165, 1.54) is 18.6 Å². The maximum absolute atomic E-state index is 13.3. The first-order valence-corrected chi connectivity index (χ1v) is 12.6. The van der Waals surface area contributed by atoms with Crippen molar-refractivity contribution >= 4 is 15.9 Å². The number of sulfonamides is 1. The average molecular weight is 476 g/mol. The third kappa shape index (κ3) is 5.82. The van der Waals surface area contributed by atoms with Gasteiger partial charge >= 0.3 is 6.18 Å². The average Bonchev–Trinajstić information content (AvgIpc) is 2.76. The highest BCUT2D eigenvalue weighted by Crippen LogP contribution is 2.36. The smallest absolute Gasteiger partial charge is 0.354 e. The van der Waals surface area contributed by atoms with Gasteiger partial charge in [0.25, 0.3) is 0 Å². The number of amides is 1. The predicted molar refractivity (Wildman–Crippen MR) is 115 cm³/mol. The molecular weight excluding hydrogens is 443 g/mol. The zero-order valence-electron chi connectivity index (χ0n) is 18.6. The lowest BCUT2D eigenvalue weighted by Gasteiger charge is -2.36. The lowest BCUT2D eigenvalue weighted by atomic mass is 9.97. The molecule has 2 unspecified atom stereocenters. The molecule has 1 N–H and O–H groups in total. The van der Waals surface area contributed by atoms with Crippen molar-refractivity contribution in [3.63, 3.8) is 0 Å². The Kier molecular flexibility index (Phi) is 7.88. The molecule has 0 aliphatic carbocycles. The van der Waals surface area contributed by atoms with Gasteiger partial charge in [-0.15, -0.1) is 0 Å². The van der Waals surface area contributed by atoms with Crippen molar-refractivity contribution in [2.75, 3.05) is 32.7 Å². The van der Waals surface area contributed by atoms with Gasteiger partial charge < -0.3 is 5.32 Å². The number of carbonyl (C=O) groups is 1. The number of hydrogen-bond donors (Lipinski definition) is 1. The Morgan fingerprint density at radius 2 is 1.81 bits per heavy atom. The molecule has 2 aliphatic heterocycles. The van der Waals surface area contributed by atoms with Crippen molar-refractivity contribution in [1.82, 2.24) is 14.5 Å². The highest BCUT2D eigenvalue weighted by atomic mass is 32.2. The van der Waals surface area contributed by atoms with Crippen LogP contribution in [0.15, 0.2) is 29.2 Å². The molecule has 1 amide bonds. The topological polar surface area (TPSA) is 69.7 Å². The quantitative estimate of drug-likeness (QED) is 0.685. The minimum absolute atomic E-state index is 0.0196. The Morgan fingerprint density at radius 3 is 2.44 bits per heavy atom. The Balaban J connectivity index is 1.55. The zero-order valence-corrected chi connectivity index (χ0v) is 19.4. The number of piperidine rings is 2. The first kappa shape index (κ1) is 25.0. The summed E-state index contributed by atoms with van der Waals surface area (Å²) in [6.07, 6.45) is -1.80. The third-order valence-corrected chi connectivity index (χ3v) is 8.48. The van der Waals surface area contributed by atoms with Crippen LogP contribution in [0.5, 0.6) is 0 Å². The van der Waals surface area contributed by atoms with Crippen LogP contribution in [0.1, 0.15) is 45.1 Å². The van der Waals surface area contributed by atoms with E-state index in [-0.39, 0.29) is 43.8 Å². The van der Waals surface area contributed by atoms with Crippen molar-refractivity contribution < 1.29 is 26.4 Å². The monoisotopic (exact) mass is 475 g/mol. The summed E-state index contributed by atoms with van der Waals surface area (Å²) in [5, 5.41) is 2.98. The predicted octanol–water partition coefficient (Wildman–Crippen LogP) is 3.34. The van der Waals surface area contributed by atoms with Gasteiger partial charge in [0.1, 0.15) is 0 Å². The van der Waals surface area contributed by atoms with Crippen LogP contribution in [0.4, 0.5) is 13.2 Å². The van der Waals surface area contributed by atoms with Crippen molar-refractivity contribution in [2.24, 2.45) is 11.8 Å². The van der Waals surface area contributed by atoms with Gasteiger partial charge in [-0.3, -0.25) is 9.69 Å². The molecule has 2 atom stereocenters. The van der Waals surface area contributed by atoms with Crippen LogP contribution in [-0.4, -0.2) is 62.3 Å². The molecule has 2 fully saturated rings. The number of benzene rings is 1. The zero-order chi connectivity index (χ0) is 23.5. The standard InChI is InChI=1S/C22H32F3N3O3S/c1-16-6-5-11-27(15-16)17(2)14-26-21(29)18-9-12-28(13-10-18)32(30,31)20-8-4-3-7-19(20)22(23,24)25/h3-4,7-8,16-18H,5-6,9-15H2,1-2H3,(H,26,29). The number of halogens is 3. The summed E-state index contributed by atoms with van der Waals surface area (Å²) in [5.41, 5.74) is -1.17. The van der Waals surface area contributed by atoms with Crippen LogP contribution in [0.25, 0.3) is 0 Å². The molecule has 0 spiro atoms. The van der Waals surface area contributed by atoms with E-state index in [2.05, 4.69) is 24.1 Å². The normalized spacial score (nSPS) is 23.1. The Morgan fingerprint density at radius 1 is 1.16 bits per heavy atom. The molecule has 0 saturated carbocycles. The highest BCUT2D eigenvalue weighted by Gasteiger charge is 2.40. The van der Waals surface area contributed by atoms with Crippen LogP contribution >= 0.6 is 0 Å². The highest BCUT2D eigenvalue weighted by molar-refractivity contribution is 7.89. The van der Waals surface area contributed by atoms with Gasteiger partial charge in [-0.05, 0) is 57.2 Å². The second-order valence-electron chi connectivity index (χ2n) is 9.01. The molecule has 180 valence electrons. The molecule has 0 aromatic heterocycles. The number of alkyl halides is 3. The number of rotatable bonds is 6.